The molecule has 1 unspecified atom stereocenters. The van der Waals surface area contributed by atoms with Crippen molar-refractivity contribution in [1.82, 2.24) is 15.5 Å². The Labute approximate surface area is 159 Å². The van der Waals surface area contributed by atoms with E-state index in [0.29, 0.717) is 0 Å². The van der Waals surface area contributed by atoms with Gasteiger partial charge in [0, 0.05) is 13.1 Å². The van der Waals surface area contributed by atoms with Crippen LogP contribution in [0, 0.1) is 0 Å². The van der Waals surface area contributed by atoms with Crippen molar-refractivity contribution in [2.75, 3.05) is 13.1 Å². The molecule has 140 valence electrons. The highest BCUT2D eigenvalue weighted by Gasteiger charge is 2.30. The maximum atomic E-state index is 13.0. The second-order valence-corrected chi connectivity index (χ2v) is 7.28. The van der Waals surface area contributed by atoms with Gasteiger partial charge in [0.15, 0.2) is 0 Å². The predicted molar refractivity (Wildman–Crippen MR) is 104 cm³/mol. The molecule has 1 heterocycles. The standard InChI is InChI=1S/C22H25N3O2/c26-21(25-14-6-7-15-25)20(17-9-2-1-3-10-17)24-22(27)23-19-13-12-16-8-4-5-11-18(16)19/h1-5,8-11,19-20H,6-7,12-15H2,(H2,23,24,27)/t19-,20?/m1/s1. The molecule has 1 fully saturated rings. The van der Waals surface area contributed by atoms with Crippen LogP contribution in [0.4, 0.5) is 4.79 Å². The lowest BCUT2D eigenvalue weighted by molar-refractivity contribution is -0.132. The Hall–Kier alpha value is -2.82. The van der Waals surface area contributed by atoms with Crippen LogP contribution in [0.2, 0.25) is 0 Å². The highest BCUT2D eigenvalue weighted by molar-refractivity contribution is 5.88. The fourth-order valence-electron chi connectivity index (χ4n) is 4.09. The van der Waals surface area contributed by atoms with Gasteiger partial charge in [-0.1, -0.05) is 54.6 Å². The van der Waals surface area contributed by atoms with Gasteiger partial charge in [0.05, 0.1) is 6.04 Å². The third kappa shape index (κ3) is 3.82. The Morgan fingerprint density at radius 1 is 0.963 bits per heavy atom. The van der Waals surface area contributed by atoms with Crippen LogP contribution >= 0.6 is 0 Å². The fourth-order valence-corrected chi connectivity index (χ4v) is 4.09. The maximum Gasteiger partial charge on any atom is 0.316 e. The van der Waals surface area contributed by atoms with Gasteiger partial charge in [-0.3, -0.25) is 4.79 Å². The number of amides is 3. The number of likely N-dealkylation sites (tertiary alicyclic amines) is 1. The molecule has 5 nitrogen and oxygen atoms in total. The van der Waals surface area contributed by atoms with Crippen molar-refractivity contribution < 1.29 is 9.59 Å². The Morgan fingerprint density at radius 2 is 1.67 bits per heavy atom. The number of fused-ring (bicyclic) bond motifs is 1. The van der Waals surface area contributed by atoms with Gasteiger partial charge in [-0.15, -0.1) is 0 Å². The highest BCUT2D eigenvalue weighted by Crippen LogP contribution is 2.30. The van der Waals surface area contributed by atoms with Crippen molar-refractivity contribution in [2.24, 2.45) is 0 Å². The lowest BCUT2D eigenvalue weighted by Gasteiger charge is -2.25. The molecule has 2 atom stereocenters. The molecule has 2 aliphatic rings. The van der Waals surface area contributed by atoms with E-state index in [4.69, 9.17) is 0 Å². The van der Waals surface area contributed by atoms with E-state index in [-0.39, 0.29) is 18.0 Å². The minimum Gasteiger partial charge on any atom is -0.341 e. The van der Waals surface area contributed by atoms with E-state index in [1.807, 2.05) is 47.4 Å². The molecule has 0 saturated carbocycles. The van der Waals surface area contributed by atoms with Crippen LogP contribution in [0.15, 0.2) is 54.6 Å². The molecule has 2 aromatic carbocycles. The fraction of sp³-hybridized carbons (Fsp3) is 0.364. The minimum absolute atomic E-state index is 0.000452. The topological polar surface area (TPSA) is 61.4 Å². The van der Waals surface area contributed by atoms with Gasteiger partial charge in [-0.2, -0.15) is 0 Å². The molecule has 0 aromatic heterocycles. The second-order valence-electron chi connectivity index (χ2n) is 7.28. The number of rotatable bonds is 4. The van der Waals surface area contributed by atoms with E-state index in [1.54, 1.807) is 0 Å². The van der Waals surface area contributed by atoms with Crippen molar-refractivity contribution in [3.8, 4) is 0 Å². The summed E-state index contributed by atoms with van der Waals surface area (Å²) in [6.07, 6.45) is 3.91. The summed E-state index contributed by atoms with van der Waals surface area (Å²) in [4.78, 5) is 27.6. The van der Waals surface area contributed by atoms with Crippen LogP contribution in [0.25, 0.3) is 0 Å². The molecule has 0 bridgehead atoms. The van der Waals surface area contributed by atoms with Gasteiger partial charge in [0.2, 0.25) is 5.91 Å². The third-order valence-corrected chi connectivity index (χ3v) is 5.51. The molecule has 1 saturated heterocycles. The lowest BCUT2D eigenvalue weighted by atomic mass is 10.1. The first-order chi connectivity index (χ1) is 13.2. The first kappa shape index (κ1) is 17.6. The third-order valence-electron chi connectivity index (χ3n) is 5.51. The van der Waals surface area contributed by atoms with Crippen molar-refractivity contribution in [1.29, 1.82) is 0 Å². The lowest BCUT2D eigenvalue weighted by Crippen LogP contribution is -2.46. The number of hydrogen-bond donors (Lipinski definition) is 2. The Balaban J connectivity index is 1.48. The quantitative estimate of drug-likeness (QED) is 0.875. The van der Waals surface area contributed by atoms with Gasteiger partial charge in [0.25, 0.3) is 0 Å². The molecule has 27 heavy (non-hydrogen) atoms. The Bertz CT molecular complexity index is 815. The number of aryl methyl sites for hydroxylation is 1. The Kier molecular flexibility index (Phi) is 5.10. The maximum absolute atomic E-state index is 13.0. The molecule has 0 radical (unpaired) electrons. The SMILES string of the molecule is O=C(NC(C(=O)N1CCCC1)c1ccccc1)N[C@@H]1CCc2ccccc21. The minimum atomic E-state index is -0.652. The molecule has 1 aliphatic carbocycles. The second kappa shape index (κ2) is 7.82. The summed E-state index contributed by atoms with van der Waals surface area (Å²) in [5.41, 5.74) is 3.28. The van der Waals surface area contributed by atoms with Crippen LogP contribution in [-0.2, 0) is 11.2 Å². The van der Waals surface area contributed by atoms with Crippen molar-refractivity contribution >= 4 is 11.9 Å². The van der Waals surface area contributed by atoms with E-state index in [2.05, 4.69) is 22.8 Å². The largest absolute Gasteiger partial charge is 0.341 e. The van der Waals surface area contributed by atoms with E-state index in [1.165, 1.54) is 11.1 Å². The predicted octanol–water partition coefficient (Wildman–Crippen LogP) is 3.34. The molecular formula is C22H25N3O2. The number of nitrogens with one attached hydrogen (secondary N) is 2. The van der Waals surface area contributed by atoms with Crippen molar-refractivity contribution in [3.05, 3.63) is 71.3 Å². The average molecular weight is 363 g/mol. The van der Waals surface area contributed by atoms with Gasteiger partial charge in [0.1, 0.15) is 6.04 Å². The molecule has 3 amide bonds. The molecule has 5 heteroatoms. The van der Waals surface area contributed by atoms with Crippen LogP contribution in [0.1, 0.15) is 48.0 Å². The highest BCUT2D eigenvalue weighted by atomic mass is 16.2. The number of hydrogen-bond acceptors (Lipinski definition) is 2. The summed E-state index contributed by atoms with van der Waals surface area (Å²) in [6, 6.07) is 16.7. The summed E-state index contributed by atoms with van der Waals surface area (Å²) in [5.74, 6) is -0.0272. The molecule has 4 rings (SSSR count). The first-order valence-electron chi connectivity index (χ1n) is 9.71. The van der Waals surface area contributed by atoms with Crippen LogP contribution in [-0.4, -0.2) is 29.9 Å². The van der Waals surface area contributed by atoms with Gasteiger partial charge in [-0.25, -0.2) is 4.79 Å². The molecule has 2 N–H and O–H groups in total. The normalized spacial score (nSPS) is 19.4. The summed E-state index contributed by atoms with van der Waals surface area (Å²) in [5, 5.41) is 5.99. The van der Waals surface area contributed by atoms with Crippen LogP contribution in [0.3, 0.4) is 0 Å². The van der Waals surface area contributed by atoms with Crippen molar-refractivity contribution in [3.63, 3.8) is 0 Å². The zero-order valence-electron chi connectivity index (χ0n) is 15.4. The van der Waals surface area contributed by atoms with Gasteiger partial charge >= 0.3 is 6.03 Å². The number of nitrogens with zero attached hydrogens (tertiary/aromatic N) is 1. The van der Waals surface area contributed by atoms with Crippen LogP contribution < -0.4 is 10.6 Å². The zero-order chi connectivity index (χ0) is 18.6. The first-order valence-corrected chi connectivity index (χ1v) is 9.71. The summed E-state index contributed by atoms with van der Waals surface area (Å²) in [7, 11) is 0. The van der Waals surface area contributed by atoms with E-state index in [0.717, 1.165) is 44.3 Å². The number of carbonyl (C=O) groups is 2. The average Bonchev–Trinajstić information content (AvgIpc) is 3.37. The number of benzene rings is 2. The van der Waals surface area contributed by atoms with E-state index < -0.39 is 6.04 Å². The molecule has 2 aromatic rings. The molecule has 0 spiro atoms. The van der Waals surface area contributed by atoms with Gasteiger partial charge < -0.3 is 15.5 Å². The van der Waals surface area contributed by atoms with Gasteiger partial charge in [-0.05, 0) is 42.4 Å². The van der Waals surface area contributed by atoms with E-state index >= 15 is 0 Å². The molecular weight excluding hydrogens is 338 g/mol. The smallest absolute Gasteiger partial charge is 0.316 e. The summed E-state index contributed by atoms with van der Waals surface area (Å²) < 4.78 is 0. The summed E-state index contributed by atoms with van der Waals surface area (Å²) in [6.45, 7) is 1.53. The Morgan fingerprint density at radius 3 is 2.44 bits per heavy atom. The number of carbonyl (C=O) groups excluding carboxylic acids is 2. The van der Waals surface area contributed by atoms with E-state index in [9.17, 15) is 9.59 Å². The van der Waals surface area contributed by atoms with Crippen LogP contribution in [0.5, 0.6) is 0 Å². The van der Waals surface area contributed by atoms with Crippen molar-refractivity contribution in [2.45, 2.75) is 37.8 Å². The zero-order valence-corrected chi connectivity index (χ0v) is 15.4. The molecule has 1 aliphatic heterocycles. The summed E-state index contributed by atoms with van der Waals surface area (Å²) >= 11 is 0. The monoisotopic (exact) mass is 363 g/mol. The number of urea groups is 1.